The second kappa shape index (κ2) is 15.7. The zero-order valence-electron chi connectivity index (χ0n) is 16.1. The Morgan fingerprint density at radius 3 is 1.48 bits per heavy atom. The fourth-order valence-corrected chi connectivity index (χ4v) is 3.16. The molecule has 0 heterocycles. The van der Waals surface area contributed by atoms with Gasteiger partial charge < -0.3 is 27.1 Å². The molecule has 0 rings (SSSR count). The van der Waals surface area contributed by atoms with E-state index in [1.807, 2.05) is 13.8 Å². The van der Waals surface area contributed by atoms with Crippen molar-refractivity contribution >= 4 is 0 Å². The lowest BCUT2D eigenvalue weighted by molar-refractivity contribution is -0.915. The van der Waals surface area contributed by atoms with E-state index in [2.05, 4.69) is 14.0 Å². The Morgan fingerprint density at radius 1 is 0.696 bits per heavy atom. The Hall–Kier alpha value is 0.170. The Kier molecular flexibility index (Phi) is 17.3. The highest BCUT2D eigenvalue weighted by molar-refractivity contribution is 4.57. The first kappa shape index (κ1) is 25.4. The molecule has 0 amide bonds. The van der Waals surface area contributed by atoms with Gasteiger partial charge in [0.1, 0.15) is 25.3 Å². The number of quaternary nitrogens is 1. The third-order valence-electron chi connectivity index (χ3n) is 4.80. The number of hydrogen-bond acceptors (Lipinski definition) is 2. The van der Waals surface area contributed by atoms with Gasteiger partial charge in [-0.1, -0.05) is 59.3 Å². The summed E-state index contributed by atoms with van der Waals surface area (Å²) in [6.45, 7) is 8.93. The maximum Gasteiger partial charge on any atom is 0.105 e. The minimum atomic E-state index is -0.247. The summed E-state index contributed by atoms with van der Waals surface area (Å²) in [4.78, 5) is 0. The second-order valence-electron chi connectivity index (χ2n) is 7.31. The third kappa shape index (κ3) is 14.2. The standard InChI is InChI=1S/C19H42NO2.ClH/c1-5-8-9-10-11-12-13-14-15-20(4,16-18(21)6-2)17-19(22)7-3;/h18-19,21-22H,5-17H2,1-4H3;1H/q+1;/p-1. The van der Waals surface area contributed by atoms with Crippen molar-refractivity contribution in [3.8, 4) is 0 Å². The molecule has 2 atom stereocenters. The highest BCUT2D eigenvalue weighted by Crippen LogP contribution is 2.14. The summed E-state index contributed by atoms with van der Waals surface area (Å²) >= 11 is 0. The van der Waals surface area contributed by atoms with E-state index in [1.165, 1.54) is 51.4 Å². The molecule has 4 heteroatoms. The van der Waals surface area contributed by atoms with Crippen molar-refractivity contribution in [2.45, 2.75) is 97.2 Å². The van der Waals surface area contributed by atoms with Gasteiger partial charge in [-0.25, -0.2) is 0 Å². The molecule has 23 heavy (non-hydrogen) atoms. The van der Waals surface area contributed by atoms with E-state index in [-0.39, 0.29) is 24.6 Å². The van der Waals surface area contributed by atoms with Crippen LogP contribution in [0.4, 0.5) is 0 Å². The lowest BCUT2D eigenvalue weighted by Gasteiger charge is -2.37. The highest BCUT2D eigenvalue weighted by atomic mass is 35.5. The van der Waals surface area contributed by atoms with Crippen LogP contribution in [0.5, 0.6) is 0 Å². The van der Waals surface area contributed by atoms with E-state index in [0.29, 0.717) is 0 Å². The van der Waals surface area contributed by atoms with E-state index < -0.39 is 0 Å². The van der Waals surface area contributed by atoms with Crippen LogP contribution in [0.1, 0.15) is 85.0 Å². The van der Waals surface area contributed by atoms with E-state index in [9.17, 15) is 10.2 Å². The van der Waals surface area contributed by atoms with Gasteiger partial charge in [-0.05, 0) is 25.7 Å². The first-order chi connectivity index (χ1) is 10.5. The van der Waals surface area contributed by atoms with Gasteiger partial charge in [-0.3, -0.25) is 0 Å². The van der Waals surface area contributed by atoms with Crippen LogP contribution in [0, 0.1) is 0 Å². The summed E-state index contributed by atoms with van der Waals surface area (Å²) in [7, 11) is 2.19. The molecule has 2 N–H and O–H groups in total. The maximum absolute atomic E-state index is 10.0. The van der Waals surface area contributed by atoms with Crippen LogP contribution < -0.4 is 12.4 Å². The molecule has 0 aromatic rings. The van der Waals surface area contributed by atoms with Crippen LogP contribution in [0.15, 0.2) is 0 Å². The summed E-state index contributed by atoms with van der Waals surface area (Å²) < 4.78 is 0.805. The maximum atomic E-state index is 10.0. The fourth-order valence-electron chi connectivity index (χ4n) is 3.16. The van der Waals surface area contributed by atoms with Crippen molar-refractivity contribution in [1.82, 2.24) is 0 Å². The molecule has 0 radical (unpaired) electrons. The predicted molar refractivity (Wildman–Crippen MR) is 96.0 cm³/mol. The van der Waals surface area contributed by atoms with Crippen molar-refractivity contribution in [3.63, 3.8) is 0 Å². The predicted octanol–water partition coefficient (Wildman–Crippen LogP) is 1.12. The van der Waals surface area contributed by atoms with E-state index >= 15 is 0 Å². The molecule has 0 saturated heterocycles. The van der Waals surface area contributed by atoms with Gasteiger partial charge in [-0.15, -0.1) is 0 Å². The van der Waals surface area contributed by atoms with Crippen molar-refractivity contribution in [2.24, 2.45) is 0 Å². The normalized spacial score (nSPS) is 16.4. The van der Waals surface area contributed by atoms with E-state index in [0.717, 1.165) is 37.0 Å². The minimum Gasteiger partial charge on any atom is -1.00 e. The van der Waals surface area contributed by atoms with Crippen LogP contribution in [0.25, 0.3) is 0 Å². The molecule has 0 bridgehead atoms. The number of rotatable bonds is 15. The number of nitrogens with zero attached hydrogens (tertiary/aromatic N) is 1. The van der Waals surface area contributed by atoms with Gasteiger partial charge >= 0.3 is 0 Å². The zero-order chi connectivity index (χ0) is 16.8. The van der Waals surface area contributed by atoms with Gasteiger partial charge in [0, 0.05) is 0 Å². The summed E-state index contributed by atoms with van der Waals surface area (Å²) in [6, 6.07) is 0. The molecule has 0 aromatic carbocycles. The first-order valence-electron chi connectivity index (χ1n) is 9.67. The van der Waals surface area contributed by atoms with E-state index in [4.69, 9.17) is 0 Å². The van der Waals surface area contributed by atoms with Crippen molar-refractivity contribution < 1.29 is 27.1 Å². The van der Waals surface area contributed by atoms with Crippen LogP contribution in [-0.4, -0.2) is 53.6 Å². The Labute approximate surface area is 151 Å². The van der Waals surface area contributed by atoms with Gasteiger partial charge in [0.2, 0.25) is 0 Å². The van der Waals surface area contributed by atoms with Crippen LogP contribution in [0.2, 0.25) is 0 Å². The summed E-state index contributed by atoms with van der Waals surface area (Å²) in [5.74, 6) is 0. The van der Waals surface area contributed by atoms with Crippen LogP contribution in [0.3, 0.4) is 0 Å². The quantitative estimate of drug-likeness (QED) is 0.343. The molecule has 0 fully saturated rings. The van der Waals surface area contributed by atoms with Crippen molar-refractivity contribution in [1.29, 1.82) is 0 Å². The van der Waals surface area contributed by atoms with Crippen LogP contribution >= 0.6 is 0 Å². The fraction of sp³-hybridized carbons (Fsp3) is 1.00. The summed E-state index contributed by atoms with van der Waals surface area (Å²) in [5.41, 5.74) is 0. The second-order valence-corrected chi connectivity index (χ2v) is 7.31. The molecule has 0 saturated carbocycles. The average Bonchev–Trinajstić information content (AvgIpc) is 2.49. The molecule has 0 aliphatic rings. The molecule has 2 unspecified atom stereocenters. The molecule has 0 aromatic heterocycles. The summed E-state index contributed by atoms with van der Waals surface area (Å²) in [6.07, 6.45) is 11.7. The number of aliphatic hydroxyl groups is 2. The van der Waals surface area contributed by atoms with Gasteiger partial charge in [0.25, 0.3) is 0 Å². The molecular weight excluding hydrogens is 310 g/mol. The number of halogens is 1. The Balaban J connectivity index is 0. The molecule has 0 aliphatic heterocycles. The molecule has 3 nitrogen and oxygen atoms in total. The topological polar surface area (TPSA) is 40.5 Å². The molecular formula is C19H42ClNO2. The SMILES string of the molecule is CCCCCCCCCC[N+](C)(CC(O)CC)CC(O)CC.[Cl-]. The van der Waals surface area contributed by atoms with Gasteiger partial charge in [0.15, 0.2) is 0 Å². The molecule has 142 valence electrons. The van der Waals surface area contributed by atoms with Crippen molar-refractivity contribution in [2.75, 3.05) is 26.7 Å². The Morgan fingerprint density at radius 2 is 1.09 bits per heavy atom. The van der Waals surface area contributed by atoms with E-state index in [1.54, 1.807) is 0 Å². The first-order valence-corrected chi connectivity index (χ1v) is 9.67. The smallest absolute Gasteiger partial charge is 0.105 e. The molecule has 0 aliphatic carbocycles. The number of likely N-dealkylation sites (N-methyl/N-ethyl adjacent to an activating group) is 1. The minimum absolute atomic E-state index is 0. The average molecular weight is 352 g/mol. The number of aliphatic hydroxyl groups excluding tert-OH is 2. The monoisotopic (exact) mass is 351 g/mol. The largest absolute Gasteiger partial charge is 1.00 e. The lowest BCUT2D eigenvalue weighted by Crippen LogP contribution is -3.00. The zero-order valence-corrected chi connectivity index (χ0v) is 16.8. The van der Waals surface area contributed by atoms with Gasteiger partial charge in [0.05, 0.1) is 13.6 Å². The summed E-state index contributed by atoms with van der Waals surface area (Å²) in [5, 5.41) is 20.0. The molecule has 0 spiro atoms. The lowest BCUT2D eigenvalue weighted by atomic mass is 10.1. The van der Waals surface area contributed by atoms with Gasteiger partial charge in [-0.2, -0.15) is 0 Å². The Bertz CT molecular complexity index is 240. The van der Waals surface area contributed by atoms with Crippen LogP contribution in [-0.2, 0) is 0 Å². The highest BCUT2D eigenvalue weighted by Gasteiger charge is 2.27. The third-order valence-corrected chi connectivity index (χ3v) is 4.80. The number of hydrogen-bond donors (Lipinski definition) is 2. The van der Waals surface area contributed by atoms with Crippen molar-refractivity contribution in [3.05, 3.63) is 0 Å². The number of unbranched alkanes of at least 4 members (excludes halogenated alkanes) is 7.